The second-order valence-corrected chi connectivity index (χ2v) is 7.91. The third-order valence-corrected chi connectivity index (χ3v) is 5.88. The van der Waals surface area contributed by atoms with Crippen molar-refractivity contribution in [3.63, 3.8) is 0 Å². The number of nitrogens with one attached hydrogen (secondary N) is 1. The highest BCUT2D eigenvalue weighted by atomic mass is 19.1. The lowest BCUT2D eigenvalue weighted by molar-refractivity contribution is -0.139. The smallest absolute Gasteiger partial charge is 0.234 e. The summed E-state index contributed by atoms with van der Waals surface area (Å²) in [5, 5.41) is 7.02. The van der Waals surface area contributed by atoms with Gasteiger partial charge in [0.1, 0.15) is 11.9 Å². The number of halogens is 1. The van der Waals surface area contributed by atoms with Crippen LogP contribution in [0.3, 0.4) is 0 Å². The number of benzene rings is 1. The van der Waals surface area contributed by atoms with Crippen LogP contribution >= 0.6 is 0 Å². The summed E-state index contributed by atoms with van der Waals surface area (Å²) in [4.78, 5) is 29.0. The van der Waals surface area contributed by atoms with E-state index in [0.717, 1.165) is 5.69 Å². The van der Waals surface area contributed by atoms with Crippen LogP contribution in [0.5, 0.6) is 0 Å². The molecule has 8 nitrogen and oxygen atoms in total. The Morgan fingerprint density at radius 2 is 1.94 bits per heavy atom. The summed E-state index contributed by atoms with van der Waals surface area (Å²) >= 11 is 0. The maximum absolute atomic E-state index is 13.3. The molecule has 0 bridgehead atoms. The third-order valence-electron chi connectivity index (χ3n) is 5.88. The van der Waals surface area contributed by atoms with E-state index in [4.69, 9.17) is 11.2 Å². The highest BCUT2D eigenvalue weighted by Crippen LogP contribution is 2.36. The summed E-state index contributed by atoms with van der Waals surface area (Å²) in [6.45, 7) is 3.35. The standard InChI is InChI=1S/C23H26FN5O3/c1-2-9-25-21(30)16-27-11-13-28(14-12-27)23(31)19-8-15-32-22(19)20-7-10-26-29(20)18-5-3-17(24)4-6-18/h1,3-7,10,19,22H,8-9,11-16H2,(H,25,30)/t19-,22-/m0/s1. The molecule has 4 rings (SSSR count). The van der Waals surface area contributed by atoms with E-state index in [1.54, 1.807) is 23.0 Å². The largest absolute Gasteiger partial charge is 0.371 e. The van der Waals surface area contributed by atoms with Gasteiger partial charge in [-0.2, -0.15) is 5.10 Å². The van der Waals surface area contributed by atoms with Crippen LogP contribution in [0.15, 0.2) is 36.5 Å². The van der Waals surface area contributed by atoms with Crippen molar-refractivity contribution >= 4 is 11.8 Å². The SMILES string of the molecule is C#CCNC(=O)CN1CCN(C(=O)[C@H]2CCO[C@@H]2c2ccnn2-c2ccc(F)cc2)CC1. The molecule has 1 aromatic heterocycles. The van der Waals surface area contributed by atoms with E-state index in [1.807, 2.05) is 15.9 Å². The number of hydrogen-bond acceptors (Lipinski definition) is 5. The fraction of sp³-hybridized carbons (Fsp3) is 0.435. The number of hydrogen-bond donors (Lipinski definition) is 1. The Morgan fingerprint density at radius 1 is 1.19 bits per heavy atom. The van der Waals surface area contributed by atoms with Crippen molar-refractivity contribution < 1.29 is 18.7 Å². The van der Waals surface area contributed by atoms with E-state index in [-0.39, 0.29) is 36.6 Å². The summed E-state index contributed by atoms with van der Waals surface area (Å²) in [6, 6.07) is 7.90. The first-order valence-electron chi connectivity index (χ1n) is 10.7. The molecule has 0 unspecified atom stereocenters. The van der Waals surface area contributed by atoms with E-state index < -0.39 is 6.10 Å². The monoisotopic (exact) mass is 439 g/mol. The Hall–Kier alpha value is -3.22. The van der Waals surface area contributed by atoms with Gasteiger partial charge in [0.15, 0.2) is 0 Å². The Bertz CT molecular complexity index is 992. The molecule has 0 aliphatic carbocycles. The summed E-state index contributed by atoms with van der Waals surface area (Å²) in [6.07, 6.45) is 7.04. The molecule has 2 amide bonds. The summed E-state index contributed by atoms with van der Waals surface area (Å²) < 4.78 is 21.0. The topological polar surface area (TPSA) is 79.7 Å². The minimum absolute atomic E-state index is 0.0517. The van der Waals surface area contributed by atoms with Crippen LogP contribution in [-0.2, 0) is 14.3 Å². The van der Waals surface area contributed by atoms with Crippen LogP contribution in [0.2, 0.25) is 0 Å². The van der Waals surface area contributed by atoms with Crippen LogP contribution < -0.4 is 5.32 Å². The second-order valence-electron chi connectivity index (χ2n) is 7.91. The Morgan fingerprint density at radius 3 is 2.66 bits per heavy atom. The molecule has 0 saturated carbocycles. The lowest BCUT2D eigenvalue weighted by atomic mass is 9.96. The molecule has 32 heavy (non-hydrogen) atoms. The van der Waals surface area contributed by atoms with Gasteiger partial charge in [-0.1, -0.05) is 5.92 Å². The average Bonchev–Trinajstić information content (AvgIpc) is 3.47. The van der Waals surface area contributed by atoms with Gasteiger partial charge in [0.2, 0.25) is 11.8 Å². The molecule has 1 N–H and O–H groups in total. The number of amides is 2. The average molecular weight is 439 g/mol. The molecule has 1 aromatic carbocycles. The summed E-state index contributed by atoms with van der Waals surface area (Å²) in [5.74, 6) is 1.70. The molecular weight excluding hydrogens is 413 g/mol. The molecular formula is C23H26FN5O3. The van der Waals surface area contributed by atoms with Gasteiger partial charge in [0.25, 0.3) is 0 Å². The van der Waals surface area contributed by atoms with Gasteiger partial charge in [-0.15, -0.1) is 6.42 Å². The van der Waals surface area contributed by atoms with Gasteiger partial charge < -0.3 is 15.0 Å². The number of carbonyl (C=O) groups excluding carboxylic acids is 2. The fourth-order valence-corrected chi connectivity index (χ4v) is 4.23. The predicted molar refractivity (Wildman–Crippen MR) is 115 cm³/mol. The van der Waals surface area contributed by atoms with Crippen molar-refractivity contribution in [1.29, 1.82) is 0 Å². The van der Waals surface area contributed by atoms with Crippen LogP contribution in [0.4, 0.5) is 4.39 Å². The van der Waals surface area contributed by atoms with Crippen molar-refractivity contribution in [2.45, 2.75) is 12.5 Å². The van der Waals surface area contributed by atoms with Crippen LogP contribution in [0.25, 0.3) is 5.69 Å². The number of piperazine rings is 1. The van der Waals surface area contributed by atoms with Crippen molar-refractivity contribution in [1.82, 2.24) is 24.9 Å². The zero-order chi connectivity index (χ0) is 22.5. The van der Waals surface area contributed by atoms with Gasteiger partial charge in [-0.3, -0.25) is 14.5 Å². The van der Waals surface area contributed by atoms with Gasteiger partial charge in [0.05, 0.1) is 30.4 Å². The van der Waals surface area contributed by atoms with Crippen LogP contribution in [0.1, 0.15) is 18.2 Å². The maximum atomic E-state index is 13.3. The lowest BCUT2D eigenvalue weighted by Gasteiger charge is -2.36. The molecule has 2 saturated heterocycles. The number of ether oxygens (including phenoxy) is 1. The number of rotatable bonds is 6. The molecule has 9 heteroatoms. The highest BCUT2D eigenvalue weighted by Gasteiger charge is 2.40. The van der Waals surface area contributed by atoms with E-state index in [2.05, 4.69) is 16.3 Å². The highest BCUT2D eigenvalue weighted by molar-refractivity contribution is 5.80. The maximum Gasteiger partial charge on any atom is 0.234 e. The second kappa shape index (κ2) is 9.94. The zero-order valence-corrected chi connectivity index (χ0v) is 17.7. The number of nitrogens with zero attached hydrogens (tertiary/aromatic N) is 4. The molecule has 0 spiro atoms. The first-order valence-corrected chi connectivity index (χ1v) is 10.7. The van der Waals surface area contributed by atoms with E-state index in [1.165, 1.54) is 12.1 Å². The summed E-state index contributed by atoms with van der Waals surface area (Å²) in [7, 11) is 0. The summed E-state index contributed by atoms with van der Waals surface area (Å²) in [5.41, 5.74) is 1.49. The van der Waals surface area contributed by atoms with Crippen LogP contribution in [-0.4, -0.2) is 77.3 Å². The molecule has 0 radical (unpaired) electrons. The quantitative estimate of drug-likeness (QED) is 0.679. The van der Waals surface area contributed by atoms with Crippen molar-refractivity contribution in [2.24, 2.45) is 5.92 Å². The number of aromatic nitrogens is 2. The minimum Gasteiger partial charge on any atom is -0.371 e. The molecule has 2 fully saturated rings. The van der Waals surface area contributed by atoms with Gasteiger partial charge in [0, 0.05) is 39.0 Å². The molecule has 2 aromatic rings. The molecule has 3 heterocycles. The van der Waals surface area contributed by atoms with Crippen molar-refractivity contribution in [3.05, 3.63) is 48.0 Å². The predicted octanol–water partition coefficient (Wildman–Crippen LogP) is 0.983. The Kier molecular flexibility index (Phi) is 6.83. The van der Waals surface area contributed by atoms with Crippen molar-refractivity contribution in [3.8, 4) is 18.0 Å². The number of terminal acetylenes is 1. The number of carbonyl (C=O) groups is 2. The molecule has 2 aliphatic heterocycles. The van der Waals surface area contributed by atoms with Crippen molar-refractivity contribution in [2.75, 3.05) is 45.9 Å². The van der Waals surface area contributed by atoms with E-state index in [9.17, 15) is 14.0 Å². The van der Waals surface area contributed by atoms with Gasteiger partial charge >= 0.3 is 0 Å². The molecule has 2 atom stereocenters. The van der Waals surface area contributed by atoms with Gasteiger partial charge in [-0.05, 0) is 36.8 Å². The molecule has 168 valence electrons. The Labute approximate surface area is 186 Å². The lowest BCUT2D eigenvalue weighted by Crippen LogP contribution is -2.52. The Balaban J connectivity index is 1.39. The van der Waals surface area contributed by atoms with Gasteiger partial charge in [-0.25, -0.2) is 9.07 Å². The first kappa shape index (κ1) is 22.0. The first-order chi connectivity index (χ1) is 15.6. The van der Waals surface area contributed by atoms with E-state index in [0.29, 0.717) is 44.9 Å². The molecule has 2 aliphatic rings. The normalized spacial score (nSPS) is 21.3. The van der Waals surface area contributed by atoms with Crippen LogP contribution in [0, 0.1) is 24.1 Å². The zero-order valence-electron chi connectivity index (χ0n) is 17.7. The minimum atomic E-state index is -0.414. The fourth-order valence-electron chi connectivity index (χ4n) is 4.23. The third kappa shape index (κ3) is 4.82. The van der Waals surface area contributed by atoms with E-state index >= 15 is 0 Å².